The van der Waals surface area contributed by atoms with Gasteiger partial charge < -0.3 is 10.1 Å². The molecule has 0 aromatic rings. The van der Waals surface area contributed by atoms with Crippen LogP contribution in [0, 0.1) is 5.92 Å². The molecule has 1 heterocycles. The first-order valence-electron chi connectivity index (χ1n) is 5.69. The van der Waals surface area contributed by atoms with Gasteiger partial charge in [-0.25, -0.2) is 0 Å². The van der Waals surface area contributed by atoms with Gasteiger partial charge in [0.05, 0.1) is 6.10 Å². The first kappa shape index (κ1) is 11.0. The van der Waals surface area contributed by atoms with Crippen molar-refractivity contribution in [1.29, 1.82) is 0 Å². The largest absolute Gasteiger partial charge is 0.378 e. The number of nitrogens with one attached hydrogen (secondary N) is 1. The molecular formula is C11H23NO. The SMILES string of the molecule is CCC(CC)OCCC1CCNC1. The fraction of sp³-hybridized carbons (Fsp3) is 1.00. The first-order chi connectivity index (χ1) is 6.36. The minimum Gasteiger partial charge on any atom is -0.378 e. The van der Waals surface area contributed by atoms with Crippen molar-refractivity contribution in [3.63, 3.8) is 0 Å². The molecule has 2 heteroatoms. The molecule has 0 radical (unpaired) electrons. The zero-order valence-electron chi connectivity index (χ0n) is 9.01. The molecule has 1 saturated heterocycles. The van der Waals surface area contributed by atoms with Gasteiger partial charge in [-0.15, -0.1) is 0 Å². The minimum absolute atomic E-state index is 0.495. The van der Waals surface area contributed by atoms with Gasteiger partial charge in [0.25, 0.3) is 0 Å². The molecular weight excluding hydrogens is 162 g/mol. The Labute approximate surface area is 82.0 Å². The third-order valence-corrected chi connectivity index (χ3v) is 2.95. The summed E-state index contributed by atoms with van der Waals surface area (Å²) < 4.78 is 5.77. The summed E-state index contributed by atoms with van der Waals surface area (Å²) in [5.74, 6) is 0.870. The molecule has 0 amide bonds. The van der Waals surface area contributed by atoms with Crippen LogP contribution < -0.4 is 5.32 Å². The Morgan fingerprint density at radius 3 is 2.69 bits per heavy atom. The van der Waals surface area contributed by atoms with Gasteiger partial charge >= 0.3 is 0 Å². The van der Waals surface area contributed by atoms with Crippen LogP contribution in [0.1, 0.15) is 39.5 Å². The molecule has 0 saturated carbocycles. The van der Waals surface area contributed by atoms with E-state index in [2.05, 4.69) is 19.2 Å². The summed E-state index contributed by atoms with van der Waals surface area (Å²) >= 11 is 0. The van der Waals surface area contributed by atoms with E-state index in [9.17, 15) is 0 Å². The van der Waals surface area contributed by atoms with E-state index in [-0.39, 0.29) is 0 Å². The third-order valence-electron chi connectivity index (χ3n) is 2.95. The van der Waals surface area contributed by atoms with Crippen molar-refractivity contribution in [2.24, 2.45) is 5.92 Å². The van der Waals surface area contributed by atoms with E-state index in [1.165, 1.54) is 25.9 Å². The van der Waals surface area contributed by atoms with Crippen molar-refractivity contribution in [3.8, 4) is 0 Å². The van der Waals surface area contributed by atoms with E-state index in [4.69, 9.17) is 4.74 Å². The molecule has 0 bridgehead atoms. The lowest BCUT2D eigenvalue weighted by atomic mass is 10.1. The summed E-state index contributed by atoms with van der Waals surface area (Å²) in [7, 11) is 0. The number of rotatable bonds is 6. The van der Waals surface area contributed by atoms with Crippen molar-refractivity contribution >= 4 is 0 Å². The van der Waals surface area contributed by atoms with E-state index in [1.807, 2.05) is 0 Å². The summed E-state index contributed by atoms with van der Waals surface area (Å²) in [6.07, 6.45) is 5.38. The van der Waals surface area contributed by atoms with Crippen molar-refractivity contribution in [3.05, 3.63) is 0 Å². The quantitative estimate of drug-likeness (QED) is 0.685. The second kappa shape index (κ2) is 6.39. The Bertz CT molecular complexity index is 115. The van der Waals surface area contributed by atoms with Crippen LogP contribution in [-0.2, 0) is 4.74 Å². The lowest BCUT2D eigenvalue weighted by molar-refractivity contribution is 0.0409. The fourth-order valence-electron chi connectivity index (χ4n) is 1.89. The van der Waals surface area contributed by atoms with Crippen molar-refractivity contribution in [1.82, 2.24) is 5.32 Å². The number of ether oxygens (including phenoxy) is 1. The maximum Gasteiger partial charge on any atom is 0.0569 e. The average Bonchev–Trinajstić information content (AvgIpc) is 2.65. The van der Waals surface area contributed by atoms with Crippen LogP contribution in [-0.4, -0.2) is 25.8 Å². The van der Waals surface area contributed by atoms with E-state index < -0.39 is 0 Å². The molecule has 78 valence electrons. The second-order valence-corrected chi connectivity index (χ2v) is 3.96. The van der Waals surface area contributed by atoms with Gasteiger partial charge in [0.1, 0.15) is 0 Å². The van der Waals surface area contributed by atoms with Gasteiger partial charge in [0.2, 0.25) is 0 Å². The van der Waals surface area contributed by atoms with Gasteiger partial charge in [-0.3, -0.25) is 0 Å². The molecule has 0 aliphatic carbocycles. The molecule has 1 aliphatic rings. The molecule has 0 aromatic heterocycles. The highest BCUT2D eigenvalue weighted by atomic mass is 16.5. The van der Waals surface area contributed by atoms with Gasteiger partial charge in [-0.05, 0) is 44.7 Å². The van der Waals surface area contributed by atoms with Crippen LogP contribution in [0.5, 0.6) is 0 Å². The van der Waals surface area contributed by atoms with Crippen molar-refractivity contribution in [2.45, 2.75) is 45.6 Å². The van der Waals surface area contributed by atoms with Gasteiger partial charge in [0.15, 0.2) is 0 Å². The Balaban J connectivity index is 1.98. The normalized spacial score (nSPS) is 22.8. The maximum atomic E-state index is 5.77. The highest BCUT2D eigenvalue weighted by molar-refractivity contribution is 4.70. The zero-order valence-corrected chi connectivity index (χ0v) is 9.01. The van der Waals surface area contributed by atoms with Crippen LogP contribution in [0.2, 0.25) is 0 Å². The molecule has 1 rings (SSSR count). The highest BCUT2D eigenvalue weighted by Gasteiger charge is 2.14. The van der Waals surface area contributed by atoms with Crippen LogP contribution in [0.25, 0.3) is 0 Å². The van der Waals surface area contributed by atoms with Gasteiger partial charge in [-0.2, -0.15) is 0 Å². The van der Waals surface area contributed by atoms with Crippen LogP contribution in [0.4, 0.5) is 0 Å². The topological polar surface area (TPSA) is 21.3 Å². The predicted molar refractivity (Wildman–Crippen MR) is 55.9 cm³/mol. The van der Waals surface area contributed by atoms with Crippen LogP contribution in [0.15, 0.2) is 0 Å². The monoisotopic (exact) mass is 185 g/mol. The minimum atomic E-state index is 0.495. The smallest absolute Gasteiger partial charge is 0.0569 e. The number of hydrogen-bond acceptors (Lipinski definition) is 2. The molecule has 0 aromatic carbocycles. The first-order valence-corrected chi connectivity index (χ1v) is 5.69. The van der Waals surface area contributed by atoms with E-state index >= 15 is 0 Å². The molecule has 1 atom stereocenters. The molecule has 1 fully saturated rings. The summed E-state index contributed by atoms with van der Waals surface area (Å²) in [5, 5.41) is 3.38. The van der Waals surface area contributed by atoms with E-state index in [1.54, 1.807) is 0 Å². The van der Waals surface area contributed by atoms with Gasteiger partial charge in [-0.1, -0.05) is 13.8 Å². The summed E-state index contributed by atoms with van der Waals surface area (Å²) in [4.78, 5) is 0. The van der Waals surface area contributed by atoms with Crippen LogP contribution in [0.3, 0.4) is 0 Å². The average molecular weight is 185 g/mol. The Morgan fingerprint density at radius 1 is 1.38 bits per heavy atom. The molecule has 0 spiro atoms. The van der Waals surface area contributed by atoms with E-state index in [0.29, 0.717) is 6.10 Å². The number of hydrogen-bond donors (Lipinski definition) is 1. The van der Waals surface area contributed by atoms with Crippen molar-refractivity contribution in [2.75, 3.05) is 19.7 Å². The molecule has 1 N–H and O–H groups in total. The van der Waals surface area contributed by atoms with Gasteiger partial charge in [0, 0.05) is 6.61 Å². The third kappa shape index (κ3) is 4.10. The second-order valence-electron chi connectivity index (χ2n) is 3.96. The van der Waals surface area contributed by atoms with Crippen molar-refractivity contribution < 1.29 is 4.74 Å². The Kier molecular flexibility index (Phi) is 5.40. The molecule has 2 nitrogen and oxygen atoms in total. The zero-order chi connectivity index (χ0) is 9.52. The Hall–Kier alpha value is -0.0800. The fourth-order valence-corrected chi connectivity index (χ4v) is 1.89. The lowest BCUT2D eigenvalue weighted by Gasteiger charge is -2.15. The standard InChI is InChI=1S/C11H23NO/c1-3-11(4-2)13-8-6-10-5-7-12-9-10/h10-12H,3-9H2,1-2H3. The highest BCUT2D eigenvalue weighted by Crippen LogP contribution is 2.13. The summed E-state index contributed by atoms with van der Waals surface area (Å²) in [5.41, 5.74) is 0. The maximum absolute atomic E-state index is 5.77. The predicted octanol–water partition coefficient (Wildman–Crippen LogP) is 2.19. The summed E-state index contributed by atoms with van der Waals surface area (Å²) in [6, 6.07) is 0. The Morgan fingerprint density at radius 2 is 2.15 bits per heavy atom. The molecule has 13 heavy (non-hydrogen) atoms. The molecule has 1 unspecified atom stereocenters. The lowest BCUT2D eigenvalue weighted by Crippen LogP contribution is -2.15. The van der Waals surface area contributed by atoms with E-state index in [0.717, 1.165) is 25.4 Å². The van der Waals surface area contributed by atoms with Crippen LogP contribution >= 0.6 is 0 Å². The summed E-state index contributed by atoms with van der Waals surface area (Å²) in [6.45, 7) is 7.76. The molecule has 1 aliphatic heterocycles.